The van der Waals surface area contributed by atoms with Crippen LogP contribution < -0.4 is 0 Å². The lowest BCUT2D eigenvalue weighted by molar-refractivity contribution is 0.347. The third-order valence-corrected chi connectivity index (χ3v) is 7.68. The van der Waals surface area contributed by atoms with E-state index in [0.717, 1.165) is 11.8 Å². The zero-order chi connectivity index (χ0) is 22.5. The lowest BCUT2D eigenvalue weighted by Gasteiger charge is -2.28. The summed E-state index contributed by atoms with van der Waals surface area (Å²) in [5, 5.41) is 0. The Morgan fingerprint density at radius 3 is 1.91 bits per heavy atom. The average Bonchev–Trinajstić information content (AvgIpc) is 2.80. The number of benzene rings is 3. The van der Waals surface area contributed by atoms with Crippen molar-refractivity contribution in [3.63, 3.8) is 0 Å². The van der Waals surface area contributed by atoms with Crippen LogP contribution in [0.15, 0.2) is 60.7 Å². The average molecular weight is 425 g/mol. The van der Waals surface area contributed by atoms with Crippen molar-refractivity contribution in [2.24, 2.45) is 5.92 Å². The first-order valence-electron chi connectivity index (χ1n) is 12.8. The Hall–Kier alpha value is -2.34. The van der Waals surface area contributed by atoms with Gasteiger partial charge in [-0.1, -0.05) is 86.0 Å². The topological polar surface area (TPSA) is 0 Å². The molecule has 1 saturated carbocycles. The second-order valence-corrected chi connectivity index (χ2v) is 10.4. The highest BCUT2D eigenvalue weighted by Gasteiger charge is 2.21. The van der Waals surface area contributed by atoms with Crippen molar-refractivity contribution in [1.29, 1.82) is 0 Å². The Balaban J connectivity index is 1.29. The SMILES string of the molecule is Cc1ccc(-c2ccc(CCCCc3cc(C)c(C4CCC(C)CC4)cc3C)cc2)cc1. The van der Waals surface area contributed by atoms with Gasteiger partial charge < -0.3 is 0 Å². The maximum atomic E-state index is 2.52. The van der Waals surface area contributed by atoms with E-state index < -0.39 is 0 Å². The van der Waals surface area contributed by atoms with Crippen LogP contribution in [0.1, 0.15) is 84.7 Å². The van der Waals surface area contributed by atoms with E-state index >= 15 is 0 Å². The molecule has 0 heterocycles. The fourth-order valence-corrected chi connectivity index (χ4v) is 5.43. The molecular formula is C32H40. The van der Waals surface area contributed by atoms with E-state index in [-0.39, 0.29) is 0 Å². The number of unbranched alkanes of at least 4 members (excludes halogenated alkanes) is 1. The first-order valence-corrected chi connectivity index (χ1v) is 12.8. The first kappa shape index (κ1) is 22.8. The third kappa shape index (κ3) is 5.71. The quantitative estimate of drug-likeness (QED) is 0.332. The predicted octanol–water partition coefficient (Wildman–Crippen LogP) is 9.14. The molecule has 1 aliphatic rings. The summed E-state index contributed by atoms with van der Waals surface area (Å²) in [6.07, 6.45) is 10.5. The summed E-state index contributed by atoms with van der Waals surface area (Å²) < 4.78 is 0. The molecule has 4 rings (SSSR count). The molecule has 0 aliphatic heterocycles. The van der Waals surface area contributed by atoms with Crippen molar-refractivity contribution < 1.29 is 0 Å². The molecular weight excluding hydrogens is 384 g/mol. The number of aryl methyl sites for hydroxylation is 5. The molecule has 168 valence electrons. The van der Waals surface area contributed by atoms with Gasteiger partial charge in [0.25, 0.3) is 0 Å². The van der Waals surface area contributed by atoms with Crippen LogP contribution in [0.4, 0.5) is 0 Å². The fraction of sp³-hybridized carbons (Fsp3) is 0.438. The highest BCUT2D eigenvalue weighted by molar-refractivity contribution is 5.63. The Bertz CT molecular complexity index is 999. The molecule has 0 heteroatoms. The van der Waals surface area contributed by atoms with E-state index in [1.807, 2.05) is 0 Å². The molecule has 0 amide bonds. The zero-order valence-corrected chi connectivity index (χ0v) is 20.6. The minimum Gasteiger partial charge on any atom is -0.0625 e. The van der Waals surface area contributed by atoms with Gasteiger partial charge in [0.15, 0.2) is 0 Å². The number of rotatable bonds is 7. The molecule has 0 N–H and O–H groups in total. The van der Waals surface area contributed by atoms with Crippen molar-refractivity contribution in [2.45, 2.75) is 85.0 Å². The Morgan fingerprint density at radius 1 is 0.656 bits per heavy atom. The molecule has 0 atom stereocenters. The van der Waals surface area contributed by atoms with Gasteiger partial charge in [0.2, 0.25) is 0 Å². The van der Waals surface area contributed by atoms with Crippen molar-refractivity contribution in [1.82, 2.24) is 0 Å². The standard InChI is InChI=1S/C32H40/c1-23-9-15-28(16-10-23)29-19-13-27(14-20-29)7-5-6-8-31-21-26(4)32(22-25(31)3)30-17-11-24(2)12-18-30/h9-10,13-16,19-22,24,30H,5-8,11-12,17-18H2,1-4H3. The minimum absolute atomic E-state index is 0.793. The molecule has 1 fully saturated rings. The maximum absolute atomic E-state index is 2.52. The maximum Gasteiger partial charge on any atom is -0.0159 e. The molecule has 0 aromatic heterocycles. The third-order valence-electron chi connectivity index (χ3n) is 7.68. The van der Waals surface area contributed by atoms with Gasteiger partial charge in [-0.2, -0.15) is 0 Å². The second kappa shape index (κ2) is 10.5. The summed E-state index contributed by atoms with van der Waals surface area (Å²) in [5.74, 6) is 1.72. The van der Waals surface area contributed by atoms with E-state index in [2.05, 4.69) is 88.4 Å². The van der Waals surface area contributed by atoms with Gasteiger partial charge in [-0.3, -0.25) is 0 Å². The van der Waals surface area contributed by atoms with Crippen molar-refractivity contribution in [2.75, 3.05) is 0 Å². The van der Waals surface area contributed by atoms with Crippen LogP contribution in [0.3, 0.4) is 0 Å². The largest absolute Gasteiger partial charge is 0.0625 e. The highest BCUT2D eigenvalue weighted by atomic mass is 14.3. The molecule has 0 unspecified atom stereocenters. The summed E-state index contributed by atoms with van der Waals surface area (Å²) in [7, 11) is 0. The summed E-state index contributed by atoms with van der Waals surface area (Å²) in [5.41, 5.74) is 11.6. The zero-order valence-electron chi connectivity index (χ0n) is 20.6. The van der Waals surface area contributed by atoms with Crippen LogP contribution in [-0.4, -0.2) is 0 Å². The van der Waals surface area contributed by atoms with Gasteiger partial charge in [0.1, 0.15) is 0 Å². The smallest absolute Gasteiger partial charge is 0.0159 e. The second-order valence-electron chi connectivity index (χ2n) is 10.4. The Labute approximate surface area is 196 Å². The van der Waals surface area contributed by atoms with Crippen LogP contribution in [-0.2, 0) is 12.8 Å². The number of hydrogen-bond acceptors (Lipinski definition) is 0. The van der Waals surface area contributed by atoms with Crippen LogP contribution in [0.25, 0.3) is 11.1 Å². The van der Waals surface area contributed by atoms with Gasteiger partial charge in [-0.05, 0) is 110 Å². The number of hydrogen-bond donors (Lipinski definition) is 0. The first-order chi connectivity index (χ1) is 15.5. The van der Waals surface area contributed by atoms with Crippen molar-refractivity contribution in [3.8, 4) is 11.1 Å². The van der Waals surface area contributed by atoms with Gasteiger partial charge in [0, 0.05) is 0 Å². The van der Waals surface area contributed by atoms with E-state index in [4.69, 9.17) is 0 Å². The van der Waals surface area contributed by atoms with Gasteiger partial charge in [0.05, 0.1) is 0 Å². The van der Waals surface area contributed by atoms with E-state index in [0.29, 0.717) is 0 Å². The van der Waals surface area contributed by atoms with Crippen LogP contribution in [0.2, 0.25) is 0 Å². The summed E-state index contributed by atoms with van der Waals surface area (Å²) >= 11 is 0. The Morgan fingerprint density at radius 2 is 1.25 bits per heavy atom. The summed E-state index contributed by atoms with van der Waals surface area (Å²) in [6, 6.07) is 23.0. The summed E-state index contributed by atoms with van der Waals surface area (Å²) in [4.78, 5) is 0. The molecule has 0 saturated heterocycles. The predicted molar refractivity (Wildman–Crippen MR) is 140 cm³/mol. The van der Waals surface area contributed by atoms with Crippen molar-refractivity contribution in [3.05, 3.63) is 94.0 Å². The highest BCUT2D eigenvalue weighted by Crippen LogP contribution is 2.37. The van der Waals surface area contributed by atoms with Crippen molar-refractivity contribution >= 4 is 0 Å². The minimum atomic E-state index is 0.793. The molecule has 0 radical (unpaired) electrons. The lowest BCUT2D eigenvalue weighted by Crippen LogP contribution is -2.12. The van der Waals surface area contributed by atoms with Crippen LogP contribution in [0.5, 0.6) is 0 Å². The van der Waals surface area contributed by atoms with Gasteiger partial charge in [-0.25, -0.2) is 0 Å². The Kier molecular flexibility index (Phi) is 7.51. The fourth-order valence-electron chi connectivity index (χ4n) is 5.43. The van der Waals surface area contributed by atoms with Crippen LogP contribution in [0, 0.1) is 26.7 Å². The summed E-state index contributed by atoms with van der Waals surface area (Å²) in [6.45, 7) is 9.22. The van der Waals surface area contributed by atoms with Gasteiger partial charge >= 0.3 is 0 Å². The van der Waals surface area contributed by atoms with E-state index in [1.54, 1.807) is 11.1 Å². The molecule has 0 bridgehead atoms. The molecule has 3 aromatic carbocycles. The normalized spacial score (nSPS) is 18.6. The lowest BCUT2D eigenvalue weighted by atomic mass is 9.77. The van der Waals surface area contributed by atoms with E-state index in [1.165, 1.54) is 84.7 Å². The molecule has 1 aliphatic carbocycles. The molecule has 0 nitrogen and oxygen atoms in total. The molecule has 3 aromatic rings. The molecule has 0 spiro atoms. The van der Waals surface area contributed by atoms with Crippen LogP contribution >= 0.6 is 0 Å². The molecule has 32 heavy (non-hydrogen) atoms. The van der Waals surface area contributed by atoms with Gasteiger partial charge in [-0.15, -0.1) is 0 Å². The van der Waals surface area contributed by atoms with E-state index in [9.17, 15) is 0 Å². The monoisotopic (exact) mass is 424 g/mol.